The highest BCUT2D eigenvalue weighted by molar-refractivity contribution is 7.86. The molecule has 0 aliphatic heterocycles. The molecule has 6 heteroatoms. The number of benzene rings is 1. The Bertz CT molecular complexity index is 405. The van der Waals surface area contributed by atoms with Crippen molar-refractivity contribution in [1.82, 2.24) is 0 Å². The lowest BCUT2D eigenvalue weighted by Gasteiger charge is -2.05. The van der Waals surface area contributed by atoms with Gasteiger partial charge in [0.15, 0.2) is 0 Å². The molecule has 0 radical (unpaired) electrons. The molecule has 96 valence electrons. The van der Waals surface area contributed by atoms with Gasteiger partial charge in [0, 0.05) is 13.2 Å². The van der Waals surface area contributed by atoms with Gasteiger partial charge in [0.05, 0.1) is 18.1 Å². The lowest BCUT2D eigenvalue weighted by molar-refractivity contribution is 0.126. The van der Waals surface area contributed by atoms with Gasteiger partial charge in [-0.05, 0) is 18.6 Å². The van der Waals surface area contributed by atoms with Crippen molar-refractivity contribution in [2.24, 2.45) is 5.73 Å². The van der Waals surface area contributed by atoms with E-state index >= 15 is 0 Å². The fourth-order valence-corrected chi connectivity index (χ4v) is 2.13. The van der Waals surface area contributed by atoms with Crippen LogP contribution in [0.3, 0.4) is 0 Å². The first kappa shape index (κ1) is 14.1. The summed E-state index contributed by atoms with van der Waals surface area (Å²) in [5, 5.41) is 0. The van der Waals surface area contributed by atoms with Gasteiger partial charge in [-0.25, -0.2) is 0 Å². The van der Waals surface area contributed by atoms with Gasteiger partial charge in [-0.2, -0.15) is 8.42 Å². The van der Waals surface area contributed by atoms with E-state index in [0.717, 1.165) is 0 Å². The second kappa shape index (κ2) is 7.39. The average Bonchev–Trinajstić information content (AvgIpc) is 2.35. The maximum atomic E-state index is 11.6. The van der Waals surface area contributed by atoms with Gasteiger partial charge < -0.3 is 10.5 Å². The largest absolute Gasteiger partial charge is 0.380 e. The van der Waals surface area contributed by atoms with Crippen LogP contribution < -0.4 is 5.73 Å². The lowest BCUT2D eigenvalue weighted by atomic mass is 10.4. The summed E-state index contributed by atoms with van der Waals surface area (Å²) in [4.78, 5) is 0.169. The van der Waals surface area contributed by atoms with Gasteiger partial charge in [0.2, 0.25) is 0 Å². The summed E-state index contributed by atoms with van der Waals surface area (Å²) < 4.78 is 33.2. The minimum atomic E-state index is -3.63. The maximum absolute atomic E-state index is 11.6. The highest BCUT2D eigenvalue weighted by atomic mass is 32.2. The first-order valence-electron chi connectivity index (χ1n) is 5.39. The summed E-state index contributed by atoms with van der Waals surface area (Å²) >= 11 is 0. The standard InChI is InChI=1S/C11H17NO4S/c12-7-10-15-8-4-9-16-17(13,14)11-5-2-1-3-6-11/h1-3,5-6H,4,7-10,12H2. The van der Waals surface area contributed by atoms with Gasteiger partial charge in [-0.1, -0.05) is 18.2 Å². The second-order valence-electron chi connectivity index (χ2n) is 3.34. The number of ether oxygens (including phenoxy) is 1. The van der Waals surface area contributed by atoms with Crippen molar-refractivity contribution < 1.29 is 17.3 Å². The smallest absolute Gasteiger partial charge is 0.296 e. The van der Waals surface area contributed by atoms with Crippen molar-refractivity contribution in [3.63, 3.8) is 0 Å². The molecule has 0 saturated carbocycles. The van der Waals surface area contributed by atoms with Gasteiger partial charge in [0.1, 0.15) is 0 Å². The van der Waals surface area contributed by atoms with Crippen LogP contribution in [0.2, 0.25) is 0 Å². The molecule has 0 spiro atoms. The van der Waals surface area contributed by atoms with Crippen LogP contribution in [0, 0.1) is 0 Å². The zero-order chi connectivity index (χ0) is 12.6. The Balaban J connectivity index is 2.31. The van der Waals surface area contributed by atoms with E-state index in [9.17, 15) is 8.42 Å². The van der Waals surface area contributed by atoms with E-state index in [0.29, 0.717) is 26.2 Å². The first-order valence-corrected chi connectivity index (χ1v) is 6.80. The Morgan fingerprint density at radius 3 is 2.41 bits per heavy atom. The zero-order valence-corrected chi connectivity index (χ0v) is 10.4. The molecule has 0 aliphatic rings. The summed E-state index contributed by atoms with van der Waals surface area (Å²) in [5.41, 5.74) is 5.24. The summed E-state index contributed by atoms with van der Waals surface area (Å²) in [6.45, 7) is 1.50. The van der Waals surface area contributed by atoms with Crippen molar-refractivity contribution in [3.8, 4) is 0 Å². The van der Waals surface area contributed by atoms with Crippen molar-refractivity contribution in [2.45, 2.75) is 11.3 Å². The fraction of sp³-hybridized carbons (Fsp3) is 0.455. The predicted octanol–water partition coefficient (Wildman–Crippen LogP) is 0.757. The molecular weight excluding hydrogens is 242 g/mol. The van der Waals surface area contributed by atoms with E-state index in [-0.39, 0.29) is 11.5 Å². The van der Waals surface area contributed by atoms with Gasteiger partial charge in [-0.15, -0.1) is 0 Å². The predicted molar refractivity (Wildman–Crippen MR) is 64.1 cm³/mol. The SMILES string of the molecule is NCCOCCCOS(=O)(=O)c1ccccc1. The third-order valence-corrected chi connectivity index (χ3v) is 3.29. The Morgan fingerprint density at radius 1 is 1.06 bits per heavy atom. The van der Waals surface area contributed by atoms with Crippen molar-refractivity contribution in [3.05, 3.63) is 30.3 Å². The second-order valence-corrected chi connectivity index (χ2v) is 4.96. The highest BCUT2D eigenvalue weighted by Gasteiger charge is 2.13. The van der Waals surface area contributed by atoms with Gasteiger partial charge >= 0.3 is 0 Å². The van der Waals surface area contributed by atoms with E-state index in [2.05, 4.69) is 0 Å². The van der Waals surface area contributed by atoms with Gasteiger partial charge in [0.25, 0.3) is 10.1 Å². The molecule has 0 aliphatic carbocycles. The molecule has 2 N–H and O–H groups in total. The Labute approximate surface area is 102 Å². The van der Waals surface area contributed by atoms with Crippen molar-refractivity contribution in [2.75, 3.05) is 26.4 Å². The fourth-order valence-electron chi connectivity index (χ4n) is 1.17. The van der Waals surface area contributed by atoms with Crippen LogP contribution in [-0.2, 0) is 19.0 Å². The summed E-state index contributed by atoms with van der Waals surface area (Å²) in [7, 11) is -3.63. The quantitative estimate of drug-likeness (QED) is 0.550. The van der Waals surface area contributed by atoms with Crippen LogP contribution in [0.5, 0.6) is 0 Å². The summed E-state index contributed by atoms with van der Waals surface area (Å²) in [6.07, 6.45) is 0.520. The van der Waals surface area contributed by atoms with Crippen LogP contribution in [0.15, 0.2) is 35.2 Å². The van der Waals surface area contributed by atoms with E-state index in [1.165, 1.54) is 12.1 Å². The number of nitrogens with two attached hydrogens (primary N) is 1. The van der Waals surface area contributed by atoms with Crippen LogP contribution in [0.4, 0.5) is 0 Å². The molecule has 0 aromatic heterocycles. The van der Waals surface area contributed by atoms with E-state index in [1.54, 1.807) is 18.2 Å². The van der Waals surface area contributed by atoms with Crippen molar-refractivity contribution >= 4 is 10.1 Å². The van der Waals surface area contributed by atoms with Crippen molar-refractivity contribution in [1.29, 1.82) is 0 Å². The van der Waals surface area contributed by atoms with E-state index in [4.69, 9.17) is 14.7 Å². The molecule has 0 saturated heterocycles. The molecule has 0 amide bonds. The molecule has 0 bridgehead atoms. The van der Waals surface area contributed by atoms with Crippen LogP contribution in [0.1, 0.15) is 6.42 Å². The molecule has 0 unspecified atom stereocenters. The molecule has 0 atom stereocenters. The van der Waals surface area contributed by atoms with Gasteiger partial charge in [-0.3, -0.25) is 4.18 Å². The molecule has 1 rings (SSSR count). The van der Waals surface area contributed by atoms with Crippen LogP contribution >= 0.6 is 0 Å². The summed E-state index contributed by atoms with van der Waals surface area (Å²) in [5.74, 6) is 0. The lowest BCUT2D eigenvalue weighted by Crippen LogP contribution is -2.12. The zero-order valence-electron chi connectivity index (χ0n) is 9.54. The van der Waals surface area contributed by atoms with E-state index < -0.39 is 10.1 Å². The molecule has 5 nitrogen and oxygen atoms in total. The monoisotopic (exact) mass is 259 g/mol. The third kappa shape index (κ3) is 5.27. The Kier molecular flexibility index (Phi) is 6.13. The highest BCUT2D eigenvalue weighted by Crippen LogP contribution is 2.11. The Hall–Kier alpha value is -0.950. The third-order valence-electron chi connectivity index (χ3n) is 1.97. The average molecular weight is 259 g/mol. The first-order chi connectivity index (χ1) is 8.17. The molecule has 17 heavy (non-hydrogen) atoms. The number of hydrogen-bond acceptors (Lipinski definition) is 5. The molecule has 0 fully saturated rings. The molecule has 1 aromatic rings. The number of hydrogen-bond donors (Lipinski definition) is 1. The van der Waals surface area contributed by atoms with Crippen LogP contribution in [0.25, 0.3) is 0 Å². The topological polar surface area (TPSA) is 78.6 Å². The summed E-state index contributed by atoms with van der Waals surface area (Å²) in [6, 6.07) is 8.06. The molecular formula is C11H17NO4S. The minimum Gasteiger partial charge on any atom is -0.380 e. The molecule has 1 aromatic carbocycles. The maximum Gasteiger partial charge on any atom is 0.296 e. The van der Waals surface area contributed by atoms with E-state index in [1.807, 2.05) is 0 Å². The van der Waals surface area contributed by atoms with Crippen LogP contribution in [-0.4, -0.2) is 34.8 Å². The molecule has 0 heterocycles. The Morgan fingerprint density at radius 2 is 1.76 bits per heavy atom. The minimum absolute atomic E-state index is 0.113. The normalized spacial score (nSPS) is 11.6. The number of rotatable bonds is 8.